The summed E-state index contributed by atoms with van der Waals surface area (Å²) in [4.78, 5) is 16.6. The van der Waals surface area contributed by atoms with Crippen LogP contribution < -0.4 is 15.4 Å². The lowest BCUT2D eigenvalue weighted by atomic mass is 10.1. The average molecular weight is 502 g/mol. The van der Waals surface area contributed by atoms with Crippen LogP contribution in [0.5, 0.6) is 5.75 Å². The van der Waals surface area contributed by atoms with Crippen LogP contribution in [0.3, 0.4) is 0 Å². The van der Waals surface area contributed by atoms with E-state index in [1.165, 1.54) is 6.42 Å². The van der Waals surface area contributed by atoms with Crippen LogP contribution in [0, 0.1) is 6.92 Å². The number of carbonyl (C=O) groups is 1. The Kier molecular flexibility index (Phi) is 15.4. The molecule has 0 radical (unpaired) electrons. The van der Waals surface area contributed by atoms with Crippen LogP contribution in [0.25, 0.3) is 5.70 Å². The third-order valence-electron chi connectivity index (χ3n) is 4.56. The maximum absolute atomic E-state index is 11.9. The van der Waals surface area contributed by atoms with Crippen LogP contribution in [-0.2, 0) is 4.79 Å². The van der Waals surface area contributed by atoms with Crippen molar-refractivity contribution in [2.24, 2.45) is 4.99 Å². The number of nitrogens with zero attached hydrogens (tertiary/aromatic N) is 1. The molecule has 0 saturated heterocycles. The van der Waals surface area contributed by atoms with Crippen molar-refractivity contribution in [2.75, 3.05) is 6.54 Å². The van der Waals surface area contributed by atoms with E-state index in [1.807, 2.05) is 59.8 Å². The van der Waals surface area contributed by atoms with Crippen molar-refractivity contribution in [1.82, 2.24) is 10.6 Å². The zero-order valence-corrected chi connectivity index (χ0v) is 23.8. The highest BCUT2D eigenvalue weighted by molar-refractivity contribution is 6.32. The minimum absolute atomic E-state index is 0.0311. The third kappa shape index (κ3) is 10.6. The van der Waals surface area contributed by atoms with E-state index in [0.717, 1.165) is 16.8 Å². The normalized spacial score (nSPS) is 13.5. The fourth-order valence-electron chi connectivity index (χ4n) is 3.02. The fraction of sp³-hybridized carbons (Fsp3) is 0.448. The van der Waals surface area contributed by atoms with Gasteiger partial charge in [-0.2, -0.15) is 0 Å². The first-order chi connectivity index (χ1) is 16.5. The molecule has 0 aliphatic carbocycles. The summed E-state index contributed by atoms with van der Waals surface area (Å²) in [6.45, 7) is 26.6. The second kappa shape index (κ2) is 16.8. The Morgan fingerprint density at radius 2 is 1.86 bits per heavy atom. The van der Waals surface area contributed by atoms with Gasteiger partial charge in [0.2, 0.25) is 5.91 Å². The monoisotopic (exact) mass is 501 g/mol. The predicted octanol–water partition coefficient (Wildman–Crippen LogP) is 7.76. The number of benzene rings is 1. The van der Waals surface area contributed by atoms with Crippen LogP contribution in [0.4, 0.5) is 0 Å². The number of nitrogens with one attached hydrogen (secondary N) is 2. The van der Waals surface area contributed by atoms with Gasteiger partial charge in [0, 0.05) is 29.8 Å². The molecule has 35 heavy (non-hydrogen) atoms. The van der Waals surface area contributed by atoms with E-state index in [2.05, 4.69) is 42.6 Å². The number of halogens is 1. The van der Waals surface area contributed by atoms with Gasteiger partial charge in [0.25, 0.3) is 0 Å². The van der Waals surface area contributed by atoms with Crippen LogP contribution in [0.15, 0.2) is 59.4 Å². The maximum Gasteiger partial charge on any atom is 0.248 e. The summed E-state index contributed by atoms with van der Waals surface area (Å²) < 4.78 is 5.80. The van der Waals surface area contributed by atoms with Crippen molar-refractivity contribution >= 4 is 28.9 Å². The Balaban J connectivity index is 0.00000214. The number of carbonyl (C=O) groups excluding carboxylic acids is 1. The van der Waals surface area contributed by atoms with Crippen molar-refractivity contribution in [1.29, 1.82) is 0 Å². The Labute approximate surface area is 218 Å². The lowest BCUT2D eigenvalue weighted by Gasteiger charge is -2.21. The number of hydrogen-bond acceptors (Lipinski definition) is 4. The van der Waals surface area contributed by atoms with Crippen LogP contribution in [0.2, 0.25) is 5.02 Å². The lowest BCUT2D eigenvalue weighted by Crippen LogP contribution is -2.35. The molecule has 1 heterocycles. The van der Waals surface area contributed by atoms with Gasteiger partial charge in [-0.25, -0.2) is 4.99 Å². The Hall–Kier alpha value is -2.79. The van der Waals surface area contributed by atoms with Gasteiger partial charge in [-0.05, 0) is 58.4 Å². The Bertz CT molecular complexity index is 949. The molecule has 2 rings (SSSR count). The van der Waals surface area contributed by atoms with E-state index in [4.69, 9.17) is 16.3 Å². The Morgan fingerprint density at radius 1 is 1.26 bits per heavy atom. The van der Waals surface area contributed by atoms with E-state index >= 15 is 0 Å². The van der Waals surface area contributed by atoms with Crippen molar-refractivity contribution in [3.05, 3.63) is 70.6 Å². The quantitative estimate of drug-likeness (QED) is 0.357. The number of aryl methyl sites for hydroxylation is 1. The minimum atomic E-state index is -0.0701. The first-order valence-corrected chi connectivity index (χ1v) is 12.7. The van der Waals surface area contributed by atoms with Gasteiger partial charge in [-0.3, -0.25) is 4.79 Å². The van der Waals surface area contributed by atoms with Crippen LogP contribution in [-0.4, -0.2) is 24.3 Å². The first kappa shape index (κ1) is 32.2. The molecule has 6 heteroatoms. The smallest absolute Gasteiger partial charge is 0.248 e. The van der Waals surface area contributed by atoms with Gasteiger partial charge in [0.15, 0.2) is 0 Å². The van der Waals surface area contributed by atoms with Crippen molar-refractivity contribution in [2.45, 2.75) is 81.3 Å². The summed E-state index contributed by atoms with van der Waals surface area (Å²) >= 11 is 6.44. The molecular formula is C29H44ClN3O2. The number of amides is 1. The third-order valence-corrected chi connectivity index (χ3v) is 4.84. The molecule has 0 bridgehead atoms. The van der Waals surface area contributed by atoms with E-state index in [0.29, 0.717) is 46.4 Å². The predicted molar refractivity (Wildman–Crippen MR) is 153 cm³/mol. The van der Waals surface area contributed by atoms with Gasteiger partial charge in [-0.15, -0.1) is 0 Å². The molecule has 1 aromatic carbocycles. The maximum atomic E-state index is 11.9. The molecule has 0 saturated carbocycles. The summed E-state index contributed by atoms with van der Waals surface area (Å²) in [6.07, 6.45) is 5.73. The van der Waals surface area contributed by atoms with E-state index in [9.17, 15) is 4.79 Å². The standard InChI is InChI=1S/C24H30ClN3O2.C3H8.C2H6/c1-8-9-22(18(7)28-21-10-11-26-24(29)16(21)5)27-17(6)19-12-15(4)23(20(25)13-19)30-14(2)3;1-3-2;1-2/h8-9,12-14,28H,6-7,10-11H2,1-5H3,(H,26,29);3H2,1-2H3;1-2H3/b9-8-,27-22?;;. The molecule has 0 spiro atoms. The van der Waals surface area contributed by atoms with Crippen LogP contribution >= 0.6 is 11.6 Å². The lowest BCUT2D eigenvalue weighted by molar-refractivity contribution is -0.117. The second-order valence-corrected chi connectivity index (χ2v) is 8.54. The van der Waals surface area contributed by atoms with Crippen LogP contribution in [0.1, 0.15) is 79.4 Å². The van der Waals surface area contributed by atoms with Gasteiger partial charge < -0.3 is 15.4 Å². The molecule has 2 N–H and O–H groups in total. The summed E-state index contributed by atoms with van der Waals surface area (Å²) in [5.74, 6) is 0.601. The molecule has 1 aliphatic heterocycles. The summed E-state index contributed by atoms with van der Waals surface area (Å²) in [5.41, 5.74) is 5.01. The highest BCUT2D eigenvalue weighted by atomic mass is 35.5. The highest BCUT2D eigenvalue weighted by Crippen LogP contribution is 2.33. The van der Waals surface area contributed by atoms with E-state index in [-0.39, 0.29) is 12.0 Å². The molecule has 0 aromatic heterocycles. The fourth-order valence-corrected chi connectivity index (χ4v) is 3.33. The number of allylic oxidation sites excluding steroid dienone is 2. The highest BCUT2D eigenvalue weighted by Gasteiger charge is 2.17. The zero-order valence-electron chi connectivity index (χ0n) is 23.1. The zero-order chi connectivity index (χ0) is 27.1. The SMILES string of the molecule is C=C(NC1=C(C)C(=O)NCC1)C(/C=C\C)=NC(=C)c1cc(C)c(OC(C)C)c(Cl)c1.CC.CCC. The summed E-state index contributed by atoms with van der Waals surface area (Å²) in [7, 11) is 0. The van der Waals surface area contributed by atoms with Gasteiger partial charge in [0.05, 0.1) is 28.2 Å². The van der Waals surface area contributed by atoms with E-state index < -0.39 is 0 Å². The van der Waals surface area contributed by atoms with Gasteiger partial charge in [-0.1, -0.05) is 65.0 Å². The number of rotatable bonds is 8. The average Bonchev–Trinajstić information content (AvgIpc) is 2.80. The molecule has 0 unspecified atom stereocenters. The summed E-state index contributed by atoms with van der Waals surface area (Å²) in [6, 6.07) is 3.76. The molecule has 1 amide bonds. The molecule has 0 atom stereocenters. The molecular weight excluding hydrogens is 458 g/mol. The molecule has 0 fully saturated rings. The molecule has 5 nitrogen and oxygen atoms in total. The number of ether oxygens (including phenoxy) is 1. The summed E-state index contributed by atoms with van der Waals surface area (Å²) in [5, 5.41) is 6.59. The van der Waals surface area contributed by atoms with Crippen molar-refractivity contribution in [3.63, 3.8) is 0 Å². The molecule has 194 valence electrons. The van der Waals surface area contributed by atoms with E-state index in [1.54, 1.807) is 13.0 Å². The second-order valence-electron chi connectivity index (χ2n) is 8.13. The minimum Gasteiger partial charge on any atom is -0.489 e. The van der Waals surface area contributed by atoms with Crippen molar-refractivity contribution in [3.8, 4) is 5.75 Å². The molecule has 1 aromatic rings. The number of hydrogen-bond donors (Lipinski definition) is 2. The first-order valence-electron chi connectivity index (χ1n) is 12.4. The van der Waals surface area contributed by atoms with Crippen molar-refractivity contribution < 1.29 is 9.53 Å². The Morgan fingerprint density at radius 3 is 2.37 bits per heavy atom. The van der Waals surface area contributed by atoms with Gasteiger partial charge >= 0.3 is 0 Å². The number of aliphatic imine (C=N–C) groups is 1. The topological polar surface area (TPSA) is 62.7 Å². The van der Waals surface area contributed by atoms with Gasteiger partial charge in [0.1, 0.15) is 5.75 Å². The largest absolute Gasteiger partial charge is 0.489 e. The molecule has 1 aliphatic rings.